The second-order valence-electron chi connectivity index (χ2n) is 4.11. The number of nitrogens with one attached hydrogen (secondary N) is 2. The Morgan fingerprint density at radius 2 is 1.83 bits per heavy atom. The third-order valence-electron chi connectivity index (χ3n) is 2.41. The first-order valence-electron chi connectivity index (χ1n) is 5.72. The van der Waals surface area contributed by atoms with Gasteiger partial charge in [-0.05, 0) is 43.7 Å². The second-order valence-corrected chi connectivity index (χ2v) is 4.11. The molecular weight excluding hydrogens is 226 g/mol. The quantitative estimate of drug-likeness (QED) is 0.847. The second kappa shape index (κ2) is 5.31. The van der Waals surface area contributed by atoms with Gasteiger partial charge in [0.1, 0.15) is 5.82 Å². The van der Waals surface area contributed by atoms with Gasteiger partial charge in [0.25, 0.3) is 0 Å². The lowest BCUT2D eigenvalue weighted by Gasteiger charge is -2.07. The molecule has 0 spiro atoms. The van der Waals surface area contributed by atoms with Gasteiger partial charge in [0.2, 0.25) is 0 Å². The number of anilines is 2. The maximum absolute atomic E-state index is 11.7. The Balaban J connectivity index is 2.01. The predicted molar refractivity (Wildman–Crippen MR) is 72.8 cm³/mol. The van der Waals surface area contributed by atoms with Gasteiger partial charge < -0.3 is 5.32 Å². The van der Waals surface area contributed by atoms with Gasteiger partial charge in [0, 0.05) is 11.4 Å². The minimum Gasteiger partial charge on any atom is -0.308 e. The fourth-order valence-corrected chi connectivity index (χ4v) is 1.61. The van der Waals surface area contributed by atoms with Gasteiger partial charge in [0.05, 0.1) is 0 Å². The number of aromatic nitrogens is 1. The molecule has 18 heavy (non-hydrogen) atoms. The summed E-state index contributed by atoms with van der Waals surface area (Å²) < 4.78 is 0. The Morgan fingerprint density at radius 1 is 1.06 bits per heavy atom. The van der Waals surface area contributed by atoms with Crippen LogP contribution in [0.1, 0.15) is 11.3 Å². The van der Waals surface area contributed by atoms with E-state index in [4.69, 9.17) is 0 Å². The van der Waals surface area contributed by atoms with Crippen LogP contribution in [0, 0.1) is 13.8 Å². The van der Waals surface area contributed by atoms with Gasteiger partial charge in [-0.25, -0.2) is 9.78 Å². The van der Waals surface area contributed by atoms with E-state index in [1.807, 2.05) is 50.2 Å². The lowest BCUT2D eigenvalue weighted by atomic mass is 10.2. The Labute approximate surface area is 106 Å². The van der Waals surface area contributed by atoms with E-state index < -0.39 is 0 Å². The molecule has 92 valence electrons. The number of carbonyl (C=O) groups is 1. The third kappa shape index (κ3) is 3.31. The average molecular weight is 241 g/mol. The number of hydrogen-bond acceptors (Lipinski definition) is 2. The normalized spacial score (nSPS) is 9.89. The third-order valence-corrected chi connectivity index (χ3v) is 2.41. The Hall–Kier alpha value is -2.36. The summed E-state index contributed by atoms with van der Waals surface area (Å²) in [5.41, 5.74) is 2.73. The molecule has 0 radical (unpaired) electrons. The summed E-state index contributed by atoms with van der Waals surface area (Å²) >= 11 is 0. The summed E-state index contributed by atoms with van der Waals surface area (Å²) in [6.07, 6.45) is 0. The van der Waals surface area contributed by atoms with Gasteiger partial charge in [-0.2, -0.15) is 0 Å². The van der Waals surface area contributed by atoms with Crippen molar-refractivity contribution in [2.45, 2.75) is 13.8 Å². The molecule has 2 amide bonds. The number of hydrogen-bond donors (Lipinski definition) is 2. The molecule has 2 rings (SSSR count). The molecule has 1 heterocycles. The topological polar surface area (TPSA) is 54.0 Å². The van der Waals surface area contributed by atoms with Crippen molar-refractivity contribution in [3.8, 4) is 0 Å². The molecule has 0 aliphatic heterocycles. The summed E-state index contributed by atoms with van der Waals surface area (Å²) in [4.78, 5) is 15.9. The van der Waals surface area contributed by atoms with E-state index in [2.05, 4.69) is 15.6 Å². The molecule has 4 nitrogen and oxygen atoms in total. The van der Waals surface area contributed by atoms with E-state index in [9.17, 15) is 4.79 Å². The highest BCUT2D eigenvalue weighted by molar-refractivity contribution is 5.99. The van der Waals surface area contributed by atoms with Crippen LogP contribution in [-0.4, -0.2) is 11.0 Å². The standard InChI is InChI=1S/C14H15N3O/c1-10-5-3-7-12(9-10)16-14(18)17-13-8-4-6-11(2)15-13/h3-9H,1-2H3,(H2,15,16,17,18). The Kier molecular flexibility index (Phi) is 3.57. The van der Waals surface area contributed by atoms with Gasteiger partial charge in [-0.1, -0.05) is 18.2 Å². The van der Waals surface area contributed by atoms with E-state index in [0.29, 0.717) is 5.82 Å². The Bertz CT molecular complexity index is 517. The van der Waals surface area contributed by atoms with Gasteiger partial charge in [-0.15, -0.1) is 0 Å². The number of benzene rings is 1. The van der Waals surface area contributed by atoms with E-state index in [1.165, 1.54) is 0 Å². The van der Waals surface area contributed by atoms with Crippen molar-refractivity contribution in [1.29, 1.82) is 0 Å². The monoisotopic (exact) mass is 241 g/mol. The number of aryl methyl sites for hydroxylation is 2. The van der Waals surface area contributed by atoms with Crippen molar-refractivity contribution in [3.63, 3.8) is 0 Å². The van der Waals surface area contributed by atoms with E-state index in [-0.39, 0.29) is 6.03 Å². The van der Waals surface area contributed by atoms with Crippen molar-refractivity contribution < 1.29 is 4.79 Å². The largest absolute Gasteiger partial charge is 0.324 e. The van der Waals surface area contributed by atoms with Crippen LogP contribution >= 0.6 is 0 Å². The number of pyridine rings is 1. The van der Waals surface area contributed by atoms with Crippen molar-refractivity contribution in [3.05, 3.63) is 53.7 Å². The first-order valence-corrected chi connectivity index (χ1v) is 5.72. The lowest BCUT2D eigenvalue weighted by Crippen LogP contribution is -2.20. The zero-order valence-electron chi connectivity index (χ0n) is 10.4. The molecule has 0 saturated carbocycles. The number of urea groups is 1. The van der Waals surface area contributed by atoms with E-state index in [1.54, 1.807) is 6.07 Å². The summed E-state index contributed by atoms with van der Waals surface area (Å²) in [5.74, 6) is 0.542. The number of amides is 2. The summed E-state index contributed by atoms with van der Waals surface area (Å²) in [5, 5.41) is 5.45. The van der Waals surface area contributed by atoms with Crippen LogP contribution in [-0.2, 0) is 0 Å². The highest BCUT2D eigenvalue weighted by atomic mass is 16.2. The molecule has 0 atom stereocenters. The fourth-order valence-electron chi connectivity index (χ4n) is 1.61. The summed E-state index contributed by atoms with van der Waals surface area (Å²) in [6.45, 7) is 3.86. The Morgan fingerprint density at radius 3 is 2.56 bits per heavy atom. The maximum Gasteiger partial charge on any atom is 0.324 e. The van der Waals surface area contributed by atoms with Gasteiger partial charge in [-0.3, -0.25) is 5.32 Å². The molecule has 1 aromatic heterocycles. The van der Waals surface area contributed by atoms with Crippen LogP contribution in [0.5, 0.6) is 0 Å². The molecule has 2 N–H and O–H groups in total. The number of nitrogens with zero attached hydrogens (tertiary/aromatic N) is 1. The smallest absolute Gasteiger partial charge is 0.308 e. The summed E-state index contributed by atoms with van der Waals surface area (Å²) in [7, 11) is 0. The number of carbonyl (C=O) groups excluding carboxylic acids is 1. The van der Waals surface area contributed by atoms with Crippen LogP contribution < -0.4 is 10.6 Å². The predicted octanol–water partition coefficient (Wildman–Crippen LogP) is 3.34. The van der Waals surface area contributed by atoms with Crippen molar-refractivity contribution in [1.82, 2.24) is 4.98 Å². The maximum atomic E-state index is 11.7. The van der Waals surface area contributed by atoms with Crippen molar-refractivity contribution >= 4 is 17.5 Å². The molecule has 0 saturated heterocycles. The van der Waals surface area contributed by atoms with Crippen LogP contribution in [0.4, 0.5) is 16.3 Å². The summed E-state index contributed by atoms with van der Waals surface area (Å²) in [6, 6.07) is 12.8. The highest BCUT2D eigenvalue weighted by Gasteiger charge is 2.03. The van der Waals surface area contributed by atoms with E-state index >= 15 is 0 Å². The SMILES string of the molecule is Cc1cccc(NC(=O)Nc2cccc(C)n2)c1. The first-order chi connectivity index (χ1) is 8.63. The molecule has 4 heteroatoms. The lowest BCUT2D eigenvalue weighted by molar-refractivity contribution is 0.262. The molecule has 2 aromatic rings. The zero-order chi connectivity index (χ0) is 13.0. The van der Waals surface area contributed by atoms with Gasteiger partial charge in [0.15, 0.2) is 0 Å². The van der Waals surface area contributed by atoms with Gasteiger partial charge >= 0.3 is 6.03 Å². The molecular formula is C14H15N3O. The zero-order valence-corrected chi connectivity index (χ0v) is 10.4. The molecule has 1 aromatic carbocycles. The molecule has 0 unspecified atom stereocenters. The number of rotatable bonds is 2. The highest BCUT2D eigenvalue weighted by Crippen LogP contribution is 2.10. The minimum atomic E-state index is -0.293. The molecule has 0 aliphatic carbocycles. The molecule has 0 aliphatic rings. The molecule has 0 bridgehead atoms. The fraction of sp³-hybridized carbons (Fsp3) is 0.143. The molecule has 0 fully saturated rings. The average Bonchev–Trinajstić information content (AvgIpc) is 2.28. The van der Waals surface area contributed by atoms with Crippen molar-refractivity contribution in [2.24, 2.45) is 0 Å². The minimum absolute atomic E-state index is 0.293. The first kappa shape index (κ1) is 12.1. The van der Waals surface area contributed by atoms with Crippen molar-refractivity contribution in [2.75, 3.05) is 10.6 Å². The van der Waals surface area contributed by atoms with Crippen LogP contribution in [0.2, 0.25) is 0 Å². The van der Waals surface area contributed by atoms with E-state index in [0.717, 1.165) is 16.9 Å². The van der Waals surface area contributed by atoms with Crippen LogP contribution in [0.3, 0.4) is 0 Å². The van der Waals surface area contributed by atoms with Crippen LogP contribution in [0.15, 0.2) is 42.5 Å². The van der Waals surface area contributed by atoms with Crippen LogP contribution in [0.25, 0.3) is 0 Å².